The van der Waals surface area contributed by atoms with Gasteiger partial charge in [-0.3, -0.25) is 4.79 Å². The number of aromatic nitrogens is 2. The summed E-state index contributed by atoms with van der Waals surface area (Å²) in [5.74, 6) is 1.10. The number of hydrogen-bond acceptors (Lipinski definition) is 3. The summed E-state index contributed by atoms with van der Waals surface area (Å²) in [4.78, 5) is 18.9. The van der Waals surface area contributed by atoms with E-state index in [0.29, 0.717) is 6.04 Å². The molecule has 3 heterocycles. The lowest BCUT2D eigenvalue weighted by molar-refractivity contribution is -0.114. The van der Waals surface area contributed by atoms with Crippen molar-refractivity contribution >= 4 is 28.2 Å². The first-order valence-electron chi connectivity index (χ1n) is 10.5. The van der Waals surface area contributed by atoms with E-state index >= 15 is 0 Å². The second kappa shape index (κ2) is 6.21. The molecule has 1 fully saturated rings. The lowest BCUT2D eigenvalue weighted by Gasteiger charge is -2.39. The average molecular weight is 384 g/mol. The van der Waals surface area contributed by atoms with Crippen molar-refractivity contribution in [2.45, 2.75) is 51.2 Å². The molecule has 0 radical (unpaired) electrons. The predicted molar refractivity (Wildman–Crippen MR) is 115 cm³/mol. The lowest BCUT2D eigenvalue weighted by Crippen LogP contribution is -2.43. The van der Waals surface area contributed by atoms with Crippen LogP contribution in [0.1, 0.15) is 38.4 Å². The zero-order valence-corrected chi connectivity index (χ0v) is 16.6. The highest BCUT2D eigenvalue weighted by atomic mass is 16.1. The van der Waals surface area contributed by atoms with Crippen LogP contribution in [0, 0.1) is 0 Å². The zero-order valence-electron chi connectivity index (χ0n) is 16.6. The van der Waals surface area contributed by atoms with E-state index in [4.69, 9.17) is 4.98 Å². The van der Waals surface area contributed by atoms with E-state index in [2.05, 4.69) is 39.2 Å². The molecule has 1 saturated carbocycles. The van der Waals surface area contributed by atoms with E-state index < -0.39 is 0 Å². The van der Waals surface area contributed by atoms with Gasteiger partial charge >= 0.3 is 0 Å². The number of fused-ring (bicyclic) bond motifs is 6. The molecule has 2 aromatic carbocycles. The molecule has 146 valence electrons. The van der Waals surface area contributed by atoms with Crippen molar-refractivity contribution in [2.24, 2.45) is 0 Å². The van der Waals surface area contributed by atoms with Crippen LogP contribution in [-0.4, -0.2) is 32.4 Å². The van der Waals surface area contributed by atoms with Crippen LogP contribution in [0.15, 0.2) is 48.7 Å². The third kappa shape index (κ3) is 2.68. The Kier molecular flexibility index (Phi) is 3.60. The van der Waals surface area contributed by atoms with Crippen LogP contribution in [0.3, 0.4) is 0 Å². The van der Waals surface area contributed by atoms with Gasteiger partial charge in [0.15, 0.2) is 0 Å². The normalized spacial score (nSPS) is 20.4. The van der Waals surface area contributed by atoms with Crippen molar-refractivity contribution in [3.8, 4) is 11.1 Å². The number of nitrogens with zero attached hydrogens (tertiary/aromatic N) is 3. The molecule has 3 aromatic rings. The van der Waals surface area contributed by atoms with E-state index in [-0.39, 0.29) is 5.91 Å². The number of rotatable bonds is 3. The highest BCUT2D eigenvalue weighted by molar-refractivity contribution is 5.89. The predicted octanol–water partition coefficient (Wildman–Crippen LogP) is 4.64. The molecule has 0 saturated heterocycles. The molecule has 3 aliphatic rings. The molecule has 5 nitrogen and oxygen atoms in total. The van der Waals surface area contributed by atoms with Crippen LogP contribution in [0.4, 0.5) is 5.69 Å². The number of benzene rings is 2. The molecule has 1 amide bonds. The summed E-state index contributed by atoms with van der Waals surface area (Å²) < 4.78 is 2.41. The molecule has 0 spiro atoms. The molecule has 1 aliphatic carbocycles. The number of carbonyl (C=O) groups excluding carboxylic acids is 1. The Bertz CT molecular complexity index is 1150. The van der Waals surface area contributed by atoms with E-state index in [9.17, 15) is 4.79 Å². The molecule has 2 aliphatic heterocycles. The molecule has 29 heavy (non-hydrogen) atoms. The Morgan fingerprint density at radius 3 is 2.59 bits per heavy atom. The van der Waals surface area contributed by atoms with Crippen LogP contribution in [0.25, 0.3) is 27.7 Å². The summed E-state index contributed by atoms with van der Waals surface area (Å²) >= 11 is 0. The standard InChI is InChI=1S/C24H24N4O/c1-15(29)25-19-8-5-16(6-9-19)17-7-10-23-22(12-17)26-24-18-11-21(14-28(23)24)27(13-18)20-3-2-4-20/h5-10,12-13,20-21H,2-4,11,14H2,1H3,(H,25,29). The SMILES string of the molecule is CC(=O)Nc1ccc(-c2ccc3c(c2)nc2n3CC3CC2=CN3C2CCC2)cc1. The number of hydrogen-bond donors (Lipinski definition) is 1. The number of amides is 1. The summed E-state index contributed by atoms with van der Waals surface area (Å²) in [6, 6.07) is 15.9. The van der Waals surface area contributed by atoms with Gasteiger partial charge in [0, 0.05) is 37.0 Å². The van der Waals surface area contributed by atoms with Crippen molar-refractivity contribution in [3.63, 3.8) is 0 Å². The number of anilines is 1. The second-order valence-corrected chi connectivity index (χ2v) is 8.55. The van der Waals surface area contributed by atoms with Gasteiger partial charge in [-0.2, -0.15) is 0 Å². The van der Waals surface area contributed by atoms with Crippen LogP contribution < -0.4 is 5.32 Å². The molecular weight excluding hydrogens is 360 g/mol. The maximum Gasteiger partial charge on any atom is 0.221 e. The van der Waals surface area contributed by atoms with Crippen molar-refractivity contribution in [1.82, 2.24) is 14.5 Å². The smallest absolute Gasteiger partial charge is 0.221 e. The van der Waals surface area contributed by atoms with Crippen LogP contribution >= 0.6 is 0 Å². The first-order chi connectivity index (χ1) is 14.2. The van der Waals surface area contributed by atoms with Gasteiger partial charge < -0.3 is 14.8 Å². The van der Waals surface area contributed by atoms with Crippen molar-refractivity contribution in [1.29, 1.82) is 0 Å². The van der Waals surface area contributed by atoms with Crippen molar-refractivity contribution < 1.29 is 4.79 Å². The van der Waals surface area contributed by atoms with Gasteiger partial charge in [0.05, 0.1) is 17.1 Å². The van der Waals surface area contributed by atoms with E-state index in [1.54, 1.807) is 0 Å². The van der Waals surface area contributed by atoms with Gasteiger partial charge in [0.1, 0.15) is 5.82 Å². The molecule has 5 heteroatoms. The van der Waals surface area contributed by atoms with Crippen LogP contribution in [-0.2, 0) is 11.3 Å². The summed E-state index contributed by atoms with van der Waals surface area (Å²) in [6.45, 7) is 2.56. The van der Waals surface area contributed by atoms with Gasteiger partial charge in [-0.05, 0) is 61.1 Å². The average Bonchev–Trinajstić information content (AvgIpc) is 3.20. The lowest BCUT2D eigenvalue weighted by atomic mass is 9.91. The zero-order chi connectivity index (χ0) is 19.5. The maximum atomic E-state index is 11.2. The summed E-state index contributed by atoms with van der Waals surface area (Å²) in [6.07, 6.45) is 7.58. The van der Waals surface area contributed by atoms with Crippen LogP contribution in [0.5, 0.6) is 0 Å². The first-order valence-corrected chi connectivity index (χ1v) is 10.5. The van der Waals surface area contributed by atoms with Gasteiger partial charge in [-0.1, -0.05) is 18.2 Å². The van der Waals surface area contributed by atoms with E-state index in [0.717, 1.165) is 47.2 Å². The molecule has 1 N–H and O–H groups in total. The van der Waals surface area contributed by atoms with E-state index in [1.807, 2.05) is 24.3 Å². The Morgan fingerprint density at radius 2 is 1.86 bits per heavy atom. The third-order valence-corrected chi connectivity index (χ3v) is 6.65. The summed E-state index contributed by atoms with van der Waals surface area (Å²) in [5, 5.41) is 2.82. The van der Waals surface area contributed by atoms with Crippen molar-refractivity contribution in [3.05, 3.63) is 54.5 Å². The van der Waals surface area contributed by atoms with E-state index in [1.165, 1.54) is 37.3 Å². The molecule has 1 atom stereocenters. The highest BCUT2D eigenvalue weighted by Crippen LogP contribution is 2.41. The fraction of sp³-hybridized carbons (Fsp3) is 0.333. The minimum absolute atomic E-state index is 0.0535. The van der Waals surface area contributed by atoms with Crippen LogP contribution in [0.2, 0.25) is 0 Å². The van der Waals surface area contributed by atoms with Crippen molar-refractivity contribution in [2.75, 3.05) is 5.32 Å². The topological polar surface area (TPSA) is 50.2 Å². The van der Waals surface area contributed by atoms with Gasteiger partial charge in [-0.15, -0.1) is 0 Å². The summed E-state index contributed by atoms with van der Waals surface area (Å²) in [5.41, 5.74) is 6.78. The monoisotopic (exact) mass is 384 g/mol. The fourth-order valence-corrected chi connectivity index (χ4v) is 4.99. The quantitative estimate of drug-likeness (QED) is 0.715. The van der Waals surface area contributed by atoms with Gasteiger partial charge in [-0.25, -0.2) is 4.98 Å². The highest BCUT2D eigenvalue weighted by Gasteiger charge is 2.38. The number of nitrogens with one attached hydrogen (secondary N) is 1. The Hall–Kier alpha value is -3.08. The number of imidazole rings is 1. The fourth-order valence-electron chi connectivity index (χ4n) is 4.99. The Labute approximate surface area is 170 Å². The molecule has 2 bridgehead atoms. The second-order valence-electron chi connectivity index (χ2n) is 8.55. The maximum absolute atomic E-state index is 11.2. The molecule has 6 rings (SSSR count). The van der Waals surface area contributed by atoms with Gasteiger partial charge in [0.25, 0.3) is 0 Å². The largest absolute Gasteiger partial charge is 0.369 e. The summed E-state index contributed by atoms with van der Waals surface area (Å²) in [7, 11) is 0. The molecular formula is C24H24N4O. The van der Waals surface area contributed by atoms with Gasteiger partial charge in [0.2, 0.25) is 5.91 Å². The molecule has 1 unspecified atom stereocenters. The Morgan fingerprint density at radius 1 is 1.07 bits per heavy atom. The Balaban J connectivity index is 1.34. The minimum atomic E-state index is -0.0535. The minimum Gasteiger partial charge on any atom is -0.369 e. The number of carbonyl (C=O) groups is 1. The molecule has 1 aromatic heterocycles. The first kappa shape index (κ1) is 16.8. The third-order valence-electron chi connectivity index (χ3n) is 6.65.